The molecule has 24 heavy (non-hydrogen) atoms. The van der Waals surface area contributed by atoms with Crippen molar-refractivity contribution in [3.63, 3.8) is 0 Å². The van der Waals surface area contributed by atoms with Crippen LogP contribution in [-0.4, -0.2) is 49.4 Å². The van der Waals surface area contributed by atoms with E-state index in [0.29, 0.717) is 36.9 Å². The molecule has 1 saturated carbocycles. The lowest BCUT2D eigenvalue weighted by Gasteiger charge is -2.38. The van der Waals surface area contributed by atoms with Crippen LogP contribution >= 0.6 is 0 Å². The van der Waals surface area contributed by atoms with E-state index in [1.165, 1.54) is 6.07 Å². The highest BCUT2D eigenvalue weighted by atomic mass is 19.1. The van der Waals surface area contributed by atoms with Crippen molar-refractivity contribution in [1.29, 1.82) is 0 Å². The summed E-state index contributed by atoms with van der Waals surface area (Å²) in [4.78, 5) is 14.5. The third-order valence-electron chi connectivity index (χ3n) is 5.08. The van der Waals surface area contributed by atoms with Gasteiger partial charge in [0.25, 0.3) is 0 Å². The van der Waals surface area contributed by atoms with Gasteiger partial charge in [-0.3, -0.25) is 0 Å². The largest absolute Gasteiger partial charge is 0.377 e. The van der Waals surface area contributed by atoms with Gasteiger partial charge in [-0.05, 0) is 55.4 Å². The van der Waals surface area contributed by atoms with Crippen molar-refractivity contribution in [3.05, 3.63) is 29.6 Å². The Morgan fingerprint density at radius 2 is 2.12 bits per heavy atom. The second kappa shape index (κ2) is 6.69. The lowest BCUT2D eigenvalue weighted by Crippen LogP contribution is -2.55. The fraction of sp³-hybridized carbons (Fsp3) is 0.611. The molecule has 2 heterocycles. The predicted octanol–water partition coefficient (Wildman–Crippen LogP) is 3.11. The summed E-state index contributed by atoms with van der Waals surface area (Å²) >= 11 is 0. The molecule has 1 aromatic rings. The van der Waals surface area contributed by atoms with Crippen LogP contribution in [0.25, 0.3) is 0 Å². The Morgan fingerprint density at radius 3 is 2.88 bits per heavy atom. The number of ether oxygens (including phenoxy) is 2. The molecule has 2 amide bonds. The molecule has 1 N–H and O–H groups in total. The van der Waals surface area contributed by atoms with E-state index in [0.717, 1.165) is 32.3 Å². The number of nitrogens with one attached hydrogen (secondary N) is 1. The van der Waals surface area contributed by atoms with Gasteiger partial charge in [0.15, 0.2) is 0 Å². The third kappa shape index (κ3) is 3.26. The molecule has 0 spiro atoms. The number of benzene rings is 1. The van der Waals surface area contributed by atoms with E-state index in [1.54, 1.807) is 17.0 Å². The Kier molecular flexibility index (Phi) is 4.41. The number of anilines is 1. The molecule has 0 radical (unpaired) electrons. The molecule has 3 fully saturated rings. The third-order valence-corrected chi connectivity index (χ3v) is 5.08. The van der Waals surface area contributed by atoms with E-state index in [-0.39, 0.29) is 24.0 Å². The number of hydrogen-bond donors (Lipinski definition) is 1. The first kappa shape index (κ1) is 15.8. The lowest BCUT2D eigenvalue weighted by molar-refractivity contribution is -0.0452. The van der Waals surface area contributed by atoms with Crippen LogP contribution in [0.1, 0.15) is 37.2 Å². The number of carbonyl (C=O) groups excluding carboxylic acids is 1. The molecule has 2 saturated heterocycles. The van der Waals surface area contributed by atoms with E-state index >= 15 is 0 Å². The fourth-order valence-corrected chi connectivity index (χ4v) is 3.61. The van der Waals surface area contributed by atoms with Gasteiger partial charge >= 0.3 is 6.03 Å². The highest BCUT2D eigenvalue weighted by molar-refractivity contribution is 5.89. The van der Waals surface area contributed by atoms with Gasteiger partial charge < -0.3 is 19.7 Å². The monoisotopic (exact) mass is 334 g/mol. The summed E-state index contributed by atoms with van der Waals surface area (Å²) in [6, 6.07) is 4.63. The Hall–Kier alpha value is -1.66. The molecule has 1 aliphatic carbocycles. The summed E-state index contributed by atoms with van der Waals surface area (Å²) in [5.41, 5.74) is 1.37. The summed E-state index contributed by atoms with van der Waals surface area (Å²) in [7, 11) is 0. The smallest absolute Gasteiger partial charge is 0.322 e. The first-order chi connectivity index (χ1) is 11.7. The molecule has 2 aliphatic heterocycles. The number of carbonyl (C=O) groups is 1. The molecule has 4 rings (SSSR count). The molecule has 3 aliphatic rings. The van der Waals surface area contributed by atoms with Crippen LogP contribution in [0, 0.1) is 5.82 Å². The first-order valence-corrected chi connectivity index (χ1v) is 8.79. The molecule has 1 aromatic carbocycles. The summed E-state index contributed by atoms with van der Waals surface area (Å²) in [5.74, 6) is 0.129. The normalized spacial score (nSPS) is 27.3. The Labute approximate surface area is 141 Å². The van der Waals surface area contributed by atoms with E-state index in [1.807, 2.05) is 0 Å². The molecule has 0 bridgehead atoms. The standard InChI is InChI=1S/C18H23FN2O3/c19-15-6-5-13(10-14(15)12-3-4-12)20-18(22)21-7-9-23-11-16(21)17-2-1-8-24-17/h5-6,10,12,16-17H,1-4,7-9,11H2,(H,20,22)/t16-,17-/m0/s1. The Morgan fingerprint density at radius 1 is 1.25 bits per heavy atom. The fourth-order valence-electron chi connectivity index (χ4n) is 3.61. The number of urea groups is 1. The zero-order valence-electron chi connectivity index (χ0n) is 13.7. The van der Waals surface area contributed by atoms with Gasteiger partial charge in [-0.15, -0.1) is 0 Å². The number of hydrogen-bond acceptors (Lipinski definition) is 3. The van der Waals surface area contributed by atoms with Gasteiger partial charge in [-0.25, -0.2) is 9.18 Å². The molecule has 0 aromatic heterocycles. The zero-order valence-corrected chi connectivity index (χ0v) is 13.7. The van der Waals surface area contributed by atoms with Crippen molar-refractivity contribution in [1.82, 2.24) is 4.90 Å². The molecular formula is C18H23FN2O3. The van der Waals surface area contributed by atoms with Crippen LogP contribution in [0.2, 0.25) is 0 Å². The van der Waals surface area contributed by atoms with Crippen molar-refractivity contribution in [2.45, 2.75) is 43.7 Å². The van der Waals surface area contributed by atoms with Gasteiger partial charge in [-0.1, -0.05) is 0 Å². The van der Waals surface area contributed by atoms with Gasteiger partial charge in [0, 0.05) is 18.8 Å². The van der Waals surface area contributed by atoms with Crippen molar-refractivity contribution >= 4 is 11.7 Å². The molecule has 5 nitrogen and oxygen atoms in total. The summed E-state index contributed by atoms with van der Waals surface area (Å²) < 4.78 is 25.2. The Balaban J connectivity index is 1.47. The van der Waals surface area contributed by atoms with E-state index < -0.39 is 0 Å². The average Bonchev–Trinajstić information content (AvgIpc) is 3.30. The highest BCUT2D eigenvalue weighted by Crippen LogP contribution is 2.42. The highest BCUT2D eigenvalue weighted by Gasteiger charge is 2.36. The van der Waals surface area contributed by atoms with Crippen molar-refractivity contribution in [3.8, 4) is 0 Å². The van der Waals surface area contributed by atoms with Crippen LogP contribution in [0.3, 0.4) is 0 Å². The summed E-state index contributed by atoms with van der Waals surface area (Å²) in [5, 5.41) is 2.92. The average molecular weight is 334 g/mol. The van der Waals surface area contributed by atoms with Gasteiger partial charge in [0.05, 0.1) is 25.4 Å². The second-order valence-electron chi connectivity index (χ2n) is 6.83. The van der Waals surface area contributed by atoms with E-state index in [9.17, 15) is 9.18 Å². The van der Waals surface area contributed by atoms with E-state index in [4.69, 9.17) is 9.47 Å². The Bertz CT molecular complexity index is 614. The van der Waals surface area contributed by atoms with Gasteiger partial charge in [0.1, 0.15) is 5.82 Å². The van der Waals surface area contributed by atoms with E-state index in [2.05, 4.69) is 5.32 Å². The molecule has 6 heteroatoms. The number of amides is 2. The quantitative estimate of drug-likeness (QED) is 0.924. The summed E-state index contributed by atoms with van der Waals surface area (Å²) in [6.45, 7) is 2.34. The zero-order chi connectivity index (χ0) is 16.5. The minimum atomic E-state index is -0.181. The van der Waals surface area contributed by atoms with Crippen molar-refractivity contribution < 1.29 is 18.7 Å². The minimum Gasteiger partial charge on any atom is -0.377 e. The van der Waals surface area contributed by atoms with Crippen molar-refractivity contribution in [2.75, 3.05) is 31.7 Å². The summed E-state index contributed by atoms with van der Waals surface area (Å²) in [6.07, 6.45) is 4.09. The number of nitrogens with zero attached hydrogens (tertiary/aromatic N) is 1. The van der Waals surface area contributed by atoms with Crippen LogP contribution in [0.15, 0.2) is 18.2 Å². The molecule has 0 unspecified atom stereocenters. The number of morpholine rings is 1. The van der Waals surface area contributed by atoms with Crippen molar-refractivity contribution in [2.24, 2.45) is 0 Å². The predicted molar refractivity (Wildman–Crippen MR) is 87.7 cm³/mol. The topological polar surface area (TPSA) is 50.8 Å². The minimum absolute atomic E-state index is 0.0475. The molecular weight excluding hydrogens is 311 g/mol. The van der Waals surface area contributed by atoms with Crippen LogP contribution < -0.4 is 5.32 Å². The van der Waals surface area contributed by atoms with Crippen LogP contribution in [0.5, 0.6) is 0 Å². The van der Waals surface area contributed by atoms with Crippen LogP contribution in [-0.2, 0) is 9.47 Å². The van der Waals surface area contributed by atoms with Crippen LogP contribution in [0.4, 0.5) is 14.9 Å². The lowest BCUT2D eigenvalue weighted by atomic mass is 10.1. The maximum Gasteiger partial charge on any atom is 0.322 e. The number of rotatable bonds is 3. The maximum atomic E-state index is 13.9. The maximum absolute atomic E-state index is 13.9. The number of halogens is 1. The van der Waals surface area contributed by atoms with Gasteiger partial charge in [-0.2, -0.15) is 0 Å². The second-order valence-corrected chi connectivity index (χ2v) is 6.83. The van der Waals surface area contributed by atoms with Gasteiger partial charge in [0.2, 0.25) is 0 Å². The molecule has 2 atom stereocenters. The molecule has 130 valence electrons. The SMILES string of the molecule is O=C(Nc1ccc(F)c(C2CC2)c1)N1CCOC[C@H]1[C@@H]1CCCO1. The first-order valence-electron chi connectivity index (χ1n) is 8.79.